The molecular weight excluding hydrogens is 290 g/mol. The number of hydrogen-bond acceptors (Lipinski definition) is 5. The van der Waals surface area contributed by atoms with Gasteiger partial charge in [0, 0.05) is 44.7 Å². The van der Waals surface area contributed by atoms with E-state index in [0.717, 1.165) is 59.0 Å². The van der Waals surface area contributed by atoms with Crippen molar-refractivity contribution in [3.05, 3.63) is 35.4 Å². The quantitative estimate of drug-likeness (QED) is 0.859. The first-order valence-electron chi connectivity index (χ1n) is 8.46. The summed E-state index contributed by atoms with van der Waals surface area (Å²) >= 11 is 0. The van der Waals surface area contributed by atoms with Crippen molar-refractivity contribution in [2.75, 3.05) is 46.1 Å². The zero-order valence-corrected chi connectivity index (χ0v) is 13.5. The Balaban J connectivity index is 1.53. The van der Waals surface area contributed by atoms with E-state index in [1.807, 2.05) is 24.3 Å². The maximum absolute atomic E-state index is 8.85. The van der Waals surface area contributed by atoms with Gasteiger partial charge in [0.25, 0.3) is 0 Å². The van der Waals surface area contributed by atoms with Gasteiger partial charge < -0.3 is 14.8 Å². The van der Waals surface area contributed by atoms with Gasteiger partial charge in [-0.25, -0.2) is 0 Å². The molecule has 0 unspecified atom stereocenters. The second kappa shape index (κ2) is 8.42. The van der Waals surface area contributed by atoms with E-state index >= 15 is 0 Å². The van der Waals surface area contributed by atoms with Gasteiger partial charge in [-0.2, -0.15) is 5.26 Å². The largest absolute Gasteiger partial charge is 0.381 e. The van der Waals surface area contributed by atoms with Crippen LogP contribution in [-0.2, 0) is 16.0 Å². The van der Waals surface area contributed by atoms with Crippen LogP contribution in [0.1, 0.15) is 17.5 Å². The van der Waals surface area contributed by atoms with Gasteiger partial charge in [-0.3, -0.25) is 4.90 Å². The summed E-state index contributed by atoms with van der Waals surface area (Å²) in [5, 5.41) is 12.4. The van der Waals surface area contributed by atoms with Crippen molar-refractivity contribution in [1.82, 2.24) is 10.2 Å². The van der Waals surface area contributed by atoms with E-state index in [1.165, 1.54) is 5.56 Å². The Morgan fingerprint density at radius 2 is 1.96 bits per heavy atom. The van der Waals surface area contributed by atoms with Gasteiger partial charge in [0.1, 0.15) is 0 Å². The van der Waals surface area contributed by atoms with Gasteiger partial charge in [0.05, 0.1) is 31.5 Å². The van der Waals surface area contributed by atoms with Crippen LogP contribution in [0.3, 0.4) is 0 Å². The number of hydrogen-bond donors (Lipinski definition) is 1. The average Bonchev–Trinajstić information content (AvgIpc) is 3.14. The molecule has 1 N–H and O–H groups in total. The molecule has 5 nitrogen and oxygen atoms in total. The molecule has 0 spiro atoms. The molecule has 124 valence electrons. The smallest absolute Gasteiger partial charge is 0.0991 e. The predicted molar refractivity (Wildman–Crippen MR) is 88.0 cm³/mol. The number of ether oxygens (including phenoxy) is 2. The van der Waals surface area contributed by atoms with Crippen molar-refractivity contribution in [1.29, 1.82) is 5.26 Å². The molecule has 23 heavy (non-hydrogen) atoms. The lowest BCUT2D eigenvalue weighted by atomic mass is 9.96. The highest BCUT2D eigenvalue weighted by atomic mass is 16.5. The number of nitrogens with one attached hydrogen (secondary N) is 1. The standard InChI is InChI=1S/C18H25N3O2/c19-11-15-1-3-16(4-2-15)12-20-13-18(17-5-8-23-14-17)21-6-9-22-10-7-21/h1-4,17-18,20H,5-10,12-14H2/t17-,18+/m1/s1. The molecule has 1 aromatic carbocycles. The minimum absolute atomic E-state index is 0.514. The normalized spacial score (nSPS) is 23.5. The van der Waals surface area contributed by atoms with Gasteiger partial charge in [-0.05, 0) is 24.1 Å². The van der Waals surface area contributed by atoms with Gasteiger partial charge >= 0.3 is 0 Å². The predicted octanol–water partition coefficient (Wildman–Crippen LogP) is 1.39. The number of rotatable bonds is 6. The first-order chi connectivity index (χ1) is 11.4. The third-order valence-electron chi connectivity index (χ3n) is 4.79. The van der Waals surface area contributed by atoms with E-state index in [1.54, 1.807) is 0 Å². The fourth-order valence-electron chi connectivity index (χ4n) is 3.42. The molecule has 0 amide bonds. The third kappa shape index (κ3) is 4.52. The average molecular weight is 315 g/mol. The van der Waals surface area contributed by atoms with Crippen LogP contribution >= 0.6 is 0 Å². The third-order valence-corrected chi connectivity index (χ3v) is 4.79. The molecule has 0 bridgehead atoms. The van der Waals surface area contributed by atoms with E-state index in [9.17, 15) is 0 Å². The molecular formula is C18H25N3O2. The van der Waals surface area contributed by atoms with Crippen molar-refractivity contribution in [2.45, 2.75) is 19.0 Å². The molecule has 0 aliphatic carbocycles. The summed E-state index contributed by atoms with van der Waals surface area (Å²) in [5.74, 6) is 0.613. The Bertz CT molecular complexity index is 514. The molecule has 0 radical (unpaired) electrons. The first kappa shape index (κ1) is 16.4. The number of nitrogens with zero attached hydrogens (tertiary/aromatic N) is 2. The van der Waals surface area contributed by atoms with Crippen LogP contribution in [0.15, 0.2) is 24.3 Å². The Morgan fingerprint density at radius 3 is 2.61 bits per heavy atom. The molecule has 0 saturated carbocycles. The van der Waals surface area contributed by atoms with Crippen LogP contribution in [0, 0.1) is 17.2 Å². The second-order valence-corrected chi connectivity index (χ2v) is 6.28. The fraction of sp³-hybridized carbons (Fsp3) is 0.611. The molecule has 3 rings (SSSR count). The molecule has 2 atom stereocenters. The van der Waals surface area contributed by atoms with Crippen molar-refractivity contribution in [2.24, 2.45) is 5.92 Å². The SMILES string of the molecule is N#Cc1ccc(CNC[C@@H]([C@@H]2CCOC2)N2CCOCC2)cc1. The molecule has 2 saturated heterocycles. The number of nitriles is 1. The lowest BCUT2D eigenvalue weighted by molar-refractivity contribution is 0.00137. The van der Waals surface area contributed by atoms with Crippen LogP contribution in [0.4, 0.5) is 0 Å². The van der Waals surface area contributed by atoms with E-state index in [0.29, 0.717) is 17.5 Å². The lowest BCUT2D eigenvalue weighted by Crippen LogP contribution is -2.51. The van der Waals surface area contributed by atoms with Crippen LogP contribution in [0.2, 0.25) is 0 Å². The Labute approximate surface area is 138 Å². The summed E-state index contributed by atoms with van der Waals surface area (Å²) in [4.78, 5) is 2.55. The summed E-state index contributed by atoms with van der Waals surface area (Å²) in [6.45, 7) is 7.26. The van der Waals surface area contributed by atoms with Crippen molar-refractivity contribution in [3.63, 3.8) is 0 Å². The zero-order chi connectivity index (χ0) is 15.9. The molecule has 2 aliphatic heterocycles. The van der Waals surface area contributed by atoms with E-state index < -0.39 is 0 Å². The molecule has 2 heterocycles. The van der Waals surface area contributed by atoms with Crippen LogP contribution < -0.4 is 5.32 Å². The van der Waals surface area contributed by atoms with Crippen molar-refractivity contribution < 1.29 is 9.47 Å². The van der Waals surface area contributed by atoms with E-state index in [2.05, 4.69) is 16.3 Å². The van der Waals surface area contributed by atoms with Crippen LogP contribution in [0.5, 0.6) is 0 Å². The zero-order valence-electron chi connectivity index (χ0n) is 13.5. The molecule has 5 heteroatoms. The summed E-state index contributed by atoms with van der Waals surface area (Å²) in [7, 11) is 0. The Morgan fingerprint density at radius 1 is 1.17 bits per heavy atom. The highest BCUT2D eigenvalue weighted by molar-refractivity contribution is 5.31. The van der Waals surface area contributed by atoms with Gasteiger partial charge in [-0.15, -0.1) is 0 Å². The monoisotopic (exact) mass is 315 g/mol. The molecule has 1 aromatic rings. The fourth-order valence-corrected chi connectivity index (χ4v) is 3.42. The minimum Gasteiger partial charge on any atom is -0.381 e. The number of benzene rings is 1. The summed E-state index contributed by atoms with van der Waals surface area (Å²) in [5.41, 5.74) is 1.93. The molecule has 2 fully saturated rings. The molecule has 2 aliphatic rings. The molecule has 0 aromatic heterocycles. The topological polar surface area (TPSA) is 57.5 Å². The van der Waals surface area contributed by atoms with Crippen molar-refractivity contribution in [3.8, 4) is 6.07 Å². The summed E-state index contributed by atoms with van der Waals surface area (Å²) in [6, 6.07) is 10.5. The maximum Gasteiger partial charge on any atom is 0.0991 e. The highest BCUT2D eigenvalue weighted by Crippen LogP contribution is 2.22. The van der Waals surface area contributed by atoms with Crippen molar-refractivity contribution >= 4 is 0 Å². The van der Waals surface area contributed by atoms with E-state index in [4.69, 9.17) is 14.7 Å². The van der Waals surface area contributed by atoms with Gasteiger partial charge in [0.2, 0.25) is 0 Å². The number of morpholine rings is 1. The van der Waals surface area contributed by atoms with Crippen LogP contribution in [-0.4, -0.2) is 57.0 Å². The summed E-state index contributed by atoms with van der Waals surface area (Å²) < 4.78 is 11.1. The highest BCUT2D eigenvalue weighted by Gasteiger charge is 2.31. The van der Waals surface area contributed by atoms with Gasteiger partial charge in [-0.1, -0.05) is 12.1 Å². The Hall–Kier alpha value is -1.45. The van der Waals surface area contributed by atoms with Crippen LogP contribution in [0.25, 0.3) is 0 Å². The first-order valence-corrected chi connectivity index (χ1v) is 8.46. The minimum atomic E-state index is 0.514. The maximum atomic E-state index is 8.85. The summed E-state index contributed by atoms with van der Waals surface area (Å²) in [6.07, 6.45) is 1.15. The Kier molecular flexibility index (Phi) is 6.00. The lowest BCUT2D eigenvalue weighted by Gasteiger charge is -2.37. The van der Waals surface area contributed by atoms with Gasteiger partial charge in [0.15, 0.2) is 0 Å². The second-order valence-electron chi connectivity index (χ2n) is 6.28. The van der Waals surface area contributed by atoms with E-state index in [-0.39, 0.29) is 0 Å².